The van der Waals surface area contributed by atoms with Gasteiger partial charge in [-0.3, -0.25) is 14.4 Å². The number of anilines is 4. The number of benzene rings is 7. The highest BCUT2D eigenvalue weighted by atomic mass is 35.5. The van der Waals surface area contributed by atoms with Crippen LogP contribution < -0.4 is 26.4 Å². The van der Waals surface area contributed by atoms with Crippen LogP contribution >= 0.6 is 34.8 Å². The molecule has 0 aromatic heterocycles. The molecule has 444 valence electrons. The van der Waals surface area contributed by atoms with Crippen molar-refractivity contribution in [2.45, 2.75) is 86.0 Å². The fourth-order valence-electron chi connectivity index (χ4n) is 8.98. The molecule has 0 aliphatic carbocycles. The van der Waals surface area contributed by atoms with Gasteiger partial charge in [-0.15, -0.1) is 0 Å². The third-order valence-corrected chi connectivity index (χ3v) is 14.8. The minimum absolute atomic E-state index is 0. The number of amides is 3. The average molecular weight is 1210 g/mol. The molecule has 0 saturated heterocycles. The Morgan fingerprint density at radius 2 is 0.767 bits per heavy atom. The second-order valence-corrected chi connectivity index (χ2v) is 25.1. The van der Waals surface area contributed by atoms with Crippen LogP contribution in [0, 0.1) is 0 Å². The zero-order chi connectivity index (χ0) is 61.1. The van der Waals surface area contributed by atoms with Gasteiger partial charge in [0.2, 0.25) is 0 Å². The van der Waals surface area contributed by atoms with Crippen molar-refractivity contribution in [3.63, 3.8) is 0 Å². The third-order valence-electron chi connectivity index (χ3n) is 14.1. The second kappa shape index (κ2) is 28.6. The van der Waals surface area contributed by atoms with E-state index in [9.17, 15) is 14.4 Å². The molecule has 3 aliphatic heterocycles. The van der Waals surface area contributed by atoms with Gasteiger partial charge in [0.15, 0.2) is 0 Å². The summed E-state index contributed by atoms with van der Waals surface area (Å²) in [5.74, 6) is -0.412. The lowest BCUT2D eigenvalue weighted by molar-refractivity contribution is -0.124. The molecule has 7 aromatic rings. The van der Waals surface area contributed by atoms with Crippen LogP contribution in [0.1, 0.15) is 103 Å². The number of rotatable bonds is 13. The molecule has 3 heterocycles. The Labute approximate surface area is 522 Å². The number of hydrazone groups is 3. The van der Waals surface area contributed by atoms with Crippen LogP contribution in [0.3, 0.4) is 0 Å². The lowest BCUT2D eigenvalue weighted by Crippen LogP contribution is -2.22. The zero-order valence-electron chi connectivity index (χ0n) is 49.7. The molecule has 0 radical (unpaired) electrons. The van der Waals surface area contributed by atoms with Gasteiger partial charge < -0.3 is 16.0 Å². The van der Waals surface area contributed by atoms with Crippen molar-refractivity contribution in [3.05, 3.63) is 241 Å². The molecule has 0 bridgehead atoms. The standard InChI is InChI=1S/C27H26ClN3O.C22H24ClN3O.C21H22ClN3O.CH4/c1-27(2,3)20-11-9-19(10-12-20)17-24-25(18-29-22-15-13-21(28)14-16-22)30-31(26(24)32)23-7-5-4-6-8-23;1-22(2,3)16-7-5-15(6-8-16)13-19-20(25-26(4)21(19)27)14-24-18-11-9-17(23)10-12-18;1-21(2,3)15-6-4-14(5-7-15)12-18-19(24-25-20(18)26)13-23-17-10-8-16(22)9-11-17;/h4-17,29H,18H2,1-3H3;5-13,24H,14H2,1-4H3;4-12,23H,13H2,1-3H3,(H,25,26);1H4. The number of likely N-dealkylation sites (N-methyl/N-ethyl adjacent to an activating group) is 1. The highest BCUT2D eigenvalue weighted by molar-refractivity contribution is 6.34. The van der Waals surface area contributed by atoms with Crippen molar-refractivity contribution in [1.82, 2.24) is 10.4 Å². The van der Waals surface area contributed by atoms with Gasteiger partial charge in [-0.05, 0) is 153 Å². The van der Waals surface area contributed by atoms with Crippen molar-refractivity contribution >= 4 is 111 Å². The molecule has 86 heavy (non-hydrogen) atoms. The number of hydrogen-bond acceptors (Lipinski definition) is 9. The second-order valence-electron chi connectivity index (χ2n) is 23.7. The van der Waals surface area contributed by atoms with E-state index in [1.807, 2.05) is 146 Å². The fraction of sp³-hybridized carbons (Fsp3) is 0.239. The molecule has 15 heteroatoms. The summed E-state index contributed by atoms with van der Waals surface area (Å²) in [5, 5.41) is 28.0. The molecule has 12 nitrogen and oxygen atoms in total. The predicted octanol–water partition coefficient (Wildman–Crippen LogP) is 16.8. The lowest BCUT2D eigenvalue weighted by Gasteiger charge is -2.18. The number of carbonyl (C=O) groups is 3. The van der Waals surface area contributed by atoms with Gasteiger partial charge in [-0.1, -0.05) is 196 Å². The first-order valence-electron chi connectivity index (χ1n) is 28.0. The topological polar surface area (TPSA) is 143 Å². The minimum Gasteiger partial charge on any atom is -0.379 e. The number of halogens is 3. The van der Waals surface area contributed by atoms with E-state index in [4.69, 9.17) is 34.8 Å². The summed E-state index contributed by atoms with van der Waals surface area (Å²) < 4.78 is 0. The Hall–Kier alpha value is -8.55. The Kier molecular flexibility index (Phi) is 21.6. The number of nitrogens with zero attached hydrogens (tertiary/aromatic N) is 5. The van der Waals surface area contributed by atoms with E-state index < -0.39 is 0 Å². The van der Waals surface area contributed by atoms with Gasteiger partial charge >= 0.3 is 0 Å². The lowest BCUT2D eigenvalue weighted by atomic mass is 9.86. The van der Waals surface area contributed by atoms with Gasteiger partial charge in [0, 0.05) is 39.2 Å². The van der Waals surface area contributed by atoms with E-state index in [-0.39, 0.29) is 41.4 Å². The quantitative estimate of drug-likeness (QED) is 0.0847. The summed E-state index contributed by atoms with van der Waals surface area (Å²) in [7, 11) is 1.67. The molecule has 0 unspecified atom stereocenters. The fourth-order valence-corrected chi connectivity index (χ4v) is 9.36. The molecule has 0 atom stereocenters. The highest BCUT2D eigenvalue weighted by Crippen LogP contribution is 2.29. The maximum absolute atomic E-state index is 13.3. The summed E-state index contributed by atoms with van der Waals surface area (Å²) in [6.45, 7) is 21.0. The number of carbonyl (C=O) groups excluding carboxylic acids is 3. The van der Waals surface area contributed by atoms with E-state index in [0.29, 0.717) is 62.8 Å². The molecule has 0 spiro atoms. The van der Waals surface area contributed by atoms with Crippen LogP contribution in [0.5, 0.6) is 0 Å². The molecule has 0 fully saturated rings. The van der Waals surface area contributed by atoms with E-state index in [1.54, 1.807) is 7.05 Å². The van der Waals surface area contributed by atoms with Crippen LogP contribution in [0.2, 0.25) is 15.1 Å². The van der Waals surface area contributed by atoms with Gasteiger partial charge in [-0.25, -0.2) is 10.4 Å². The number of nitrogens with one attached hydrogen (secondary N) is 4. The number of hydrogen-bond donors (Lipinski definition) is 4. The van der Waals surface area contributed by atoms with Crippen molar-refractivity contribution in [1.29, 1.82) is 0 Å². The predicted molar refractivity (Wildman–Crippen MR) is 363 cm³/mol. The molecule has 3 aliphatic rings. The third kappa shape index (κ3) is 17.8. The van der Waals surface area contributed by atoms with Crippen LogP contribution in [0.4, 0.5) is 22.7 Å². The molecule has 4 N–H and O–H groups in total. The molecule has 3 amide bonds. The number of para-hydroxylation sites is 1. The SMILES string of the molecule is C.CC(C)(C)c1ccc(C=C2C(=O)N(c3ccccc3)N=C2CNc2ccc(Cl)cc2)cc1.CC(C)(C)c1ccc(C=C2C(=O)NN=C2CNc2ccc(Cl)cc2)cc1.CN1N=C(CNc2ccc(Cl)cc2)C(=Cc2ccc(C(C)(C)C)cc2)C1=O. The Morgan fingerprint density at radius 1 is 0.430 bits per heavy atom. The molecular weight excluding hydrogens is 1130 g/mol. The monoisotopic (exact) mass is 1210 g/mol. The van der Waals surface area contributed by atoms with Crippen molar-refractivity contribution in [2.75, 3.05) is 47.6 Å². The molecule has 0 saturated carbocycles. The smallest absolute Gasteiger partial charge is 0.280 e. The minimum atomic E-state index is -0.183. The van der Waals surface area contributed by atoms with Crippen molar-refractivity contribution < 1.29 is 14.4 Å². The summed E-state index contributed by atoms with van der Waals surface area (Å²) >= 11 is 17.8. The Balaban J connectivity index is 0.000000185. The van der Waals surface area contributed by atoms with Gasteiger partial charge in [-0.2, -0.15) is 20.3 Å². The largest absolute Gasteiger partial charge is 0.379 e. The molecule has 7 aromatic carbocycles. The van der Waals surface area contributed by atoms with Crippen LogP contribution in [0.15, 0.2) is 208 Å². The normalized spacial score (nSPS) is 15.5. The molecular formula is C71H76Cl3N9O3. The maximum atomic E-state index is 13.3. The Morgan fingerprint density at radius 3 is 1.14 bits per heavy atom. The molecule has 10 rings (SSSR count). The first-order chi connectivity index (χ1) is 40.4. The highest BCUT2D eigenvalue weighted by Gasteiger charge is 2.32. The van der Waals surface area contributed by atoms with Crippen LogP contribution in [-0.2, 0) is 30.6 Å². The summed E-state index contributed by atoms with van der Waals surface area (Å²) in [5.41, 5.74) is 16.9. The zero-order valence-corrected chi connectivity index (χ0v) is 52.0. The van der Waals surface area contributed by atoms with Gasteiger partial charge in [0.1, 0.15) is 0 Å². The Bertz CT molecular complexity index is 3690. The summed E-state index contributed by atoms with van der Waals surface area (Å²) in [6, 6.07) is 56.7. The van der Waals surface area contributed by atoms with E-state index in [1.165, 1.54) is 26.7 Å². The first-order valence-corrected chi connectivity index (χ1v) is 29.2. The van der Waals surface area contributed by atoms with Crippen molar-refractivity contribution in [3.8, 4) is 0 Å². The van der Waals surface area contributed by atoms with E-state index in [2.05, 4.69) is 148 Å². The van der Waals surface area contributed by atoms with E-state index >= 15 is 0 Å². The van der Waals surface area contributed by atoms with E-state index in [0.717, 1.165) is 45.2 Å². The van der Waals surface area contributed by atoms with Crippen molar-refractivity contribution in [2.24, 2.45) is 15.3 Å². The average Bonchev–Trinajstić information content (AvgIpc) is 4.13. The van der Waals surface area contributed by atoms with Crippen LogP contribution in [-0.4, -0.2) is 66.5 Å². The van der Waals surface area contributed by atoms with Gasteiger partial charge in [0.05, 0.1) is 59.2 Å². The summed E-state index contributed by atoms with van der Waals surface area (Å²) in [4.78, 5) is 37.9. The van der Waals surface area contributed by atoms with Gasteiger partial charge in [0.25, 0.3) is 17.7 Å². The maximum Gasteiger partial charge on any atom is 0.280 e. The van der Waals surface area contributed by atoms with Crippen LogP contribution in [0.25, 0.3) is 18.2 Å². The first kappa shape index (κ1) is 65.0. The summed E-state index contributed by atoms with van der Waals surface area (Å²) in [6.07, 6.45) is 5.69.